The number of nitrogens with two attached hydrogens (primary N) is 1. The molecule has 0 spiro atoms. The molecule has 0 bridgehead atoms. The maximum Gasteiger partial charge on any atom is 0.217 e. The SMILES string of the molecule is CC(=O)N[C@H]1Cc2ccccc2[C@@H]1N. The molecule has 1 aliphatic rings. The summed E-state index contributed by atoms with van der Waals surface area (Å²) in [5, 5.41) is 2.87. The maximum absolute atomic E-state index is 10.9. The van der Waals surface area contributed by atoms with Gasteiger partial charge in [0.1, 0.15) is 0 Å². The van der Waals surface area contributed by atoms with E-state index >= 15 is 0 Å². The summed E-state index contributed by atoms with van der Waals surface area (Å²) in [5.74, 6) is -0.0155. The fraction of sp³-hybridized carbons (Fsp3) is 0.364. The van der Waals surface area contributed by atoms with Crippen molar-refractivity contribution >= 4 is 5.91 Å². The van der Waals surface area contributed by atoms with Gasteiger partial charge in [-0.3, -0.25) is 4.79 Å². The molecule has 0 aromatic heterocycles. The average Bonchev–Trinajstić information content (AvgIpc) is 2.44. The van der Waals surface area contributed by atoms with Gasteiger partial charge >= 0.3 is 0 Å². The van der Waals surface area contributed by atoms with Crippen molar-refractivity contribution in [1.82, 2.24) is 5.32 Å². The molecule has 1 aromatic carbocycles. The number of carbonyl (C=O) groups excluding carboxylic acids is 1. The first kappa shape index (κ1) is 9.21. The lowest BCUT2D eigenvalue weighted by Crippen LogP contribution is -2.39. The van der Waals surface area contributed by atoms with Gasteiger partial charge in [-0.25, -0.2) is 0 Å². The van der Waals surface area contributed by atoms with Gasteiger partial charge in [0.15, 0.2) is 0 Å². The Labute approximate surface area is 83.3 Å². The Morgan fingerprint density at radius 3 is 2.86 bits per heavy atom. The Bertz CT molecular complexity index is 362. The van der Waals surface area contributed by atoms with Crippen LogP contribution in [0.3, 0.4) is 0 Å². The smallest absolute Gasteiger partial charge is 0.217 e. The molecule has 3 heteroatoms. The summed E-state index contributed by atoms with van der Waals surface area (Å²) >= 11 is 0. The standard InChI is InChI=1S/C11H14N2O/c1-7(14)13-10-6-8-4-2-3-5-9(8)11(10)12/h2-5,10-11H,6,12H2,1H3,(H,13,14)/t10-,11-/m0/s1. The molecule has 74 valence electrons. The van der Waals surface area contributed by atoms with Gasteiger partial charge in [-0.2, -0.15) is 0 Å². The van der Waals surface area contributed by atoms with Crippen molar-refractivity contribution in [3.05, 3.63) is 35.4 Å². The van der Waals surface area contributed by atoms with Crippen LogP contribution >= 0.6 is 0 Å². The van der Waals surface area contributed by atoms with Crippen LogP contribution in [0.25, 0.3) is 0 Å². The maximum atomic E-state index is 10.9. The second-order valence-electron chi connectivity index (χ2n) is 3.74. The van der Waals surface area contributed by atoms with Crippen LogP contribution in [0.1, 0.15) is 24.1 Å². The molecule has 0 fully saturated rings. The molecule has 2 rings (SSSR count). The lowest BCUT2D eigenvalue weighted by Gasteiger charge is -2.16. The number of hydrogen-bond donors (Lipinski definition) is 2. The van der Waals surface area contributed by atoms with E-state index in [-0.39, 0.29) is 18.0 Å². The highest BCUT2D eigenvalue weighted by Crippen LogP contribution is 2.28. The van der Waals surface area contributed by atoms with Crippen LogP contribution in [0.15, 0.2) is 24.3 Å². The normalized spacial score (nSPS) is 24.4. The Balaban J connectivity index is 2.21. The van der Waals surface area contributed by atoms with Crippen molar-refractivity contribution in [3.63, 3.8) is 0 Å². The summed E-state index contributed by atoms with van der Waals surface area (Å²) < 4.78 is 0. The number of carbonyl (C=O) groups is 1. The predicted octanol–water partition coefficient (Wildman–Crippen LogP) is 0.747. The van der Waals surface area contributed by atoms with Gasteiger partial charge in [0.2, 0.25) is 5.91 Å². The number of rotatable bonds is 1. The Kier molecular flexibility index (Phi) is 2.25. The second-order valence-corrected chi connectivity index (χ2v) is 3.74. The fourth-order valence-electron chi connectivity index (χ4n) is 2.03. The van der Waals surface area contributed by atoms with Crippen molar-refractivity contribution in [2.24, 2.45) is 5.73 Å². The molecule has 0 radical (unpaired) electrons. The Hall–Kier alpha value is -1.35. The molecule has 0 heterocycles. The molecule has 1 amide bonds. The minimum atomic E-state index is -0.0601. The minimum Gasteiger partial charge on any atom is -0.351 e. The van der Waals surface area contributed by atoms with Gasteiger partial charge in [0.05, 0.1) is 12.1 Å². The molecule has 0 saturated carbocycles. The zero-order chi connectivity index (χ0) is 10.1. The zero-order valence-electron chi connectivity index (χ0n) is 8.16. The van der Waals surface area contributed by atoms with Gasteiger partial charge < -0.3 is 11.1 Å². The van der Waals surface area contributed by atoms with Gasteiger partial charge in [-0.05, 0) is 17.5 Å². The summed E-state index contributed by atoms with van der Waals surface area (Å²) in [4.78, 5) is 10.9. The monoisotopic (exact) mass is 190 g/mol. The number of amides is 1. The average molecular weight is 190 g/mol. The molecule has 3 nitrogen and oxygen atoms in total. The van der Waals surface area contributed by atoms with E-state index in [0.29, 0.717) is 0 Å². The summed E-state index contributed by atoms with van der Waals surface area (Å²) in [6.45, 7) is 1.52. The van der Waals surface area contributed by atoms with E-state index in [1.165, 1.54) is 12.5 Å². The molecular formula is C11H14N2O. The molecular weight excluding hydrogens is 176 g/mol. The molecule has 1 aliphatic carbocycles. The quantitative estimate of drug-likeness (QED) is 0.686. The van der Waals surface area contributed by atoms with E-state index in [4.69, 9.17) is 5.73 Å². The molecule has 0 unspecified atom stereocenters. The van der Waals surface area contributed by atoms with Crippen molar-refractivity contribution in [1.29, 1.82) is 0 Å². The highest BCUT2D eigenvalue weighted by Gasteiger charge is 2.29. The van der Waals surface area contributed by atoms with E-state index in [9.17, 15) is 4.79 Å². The summed E-state index contributed by atoms with van der Waals surface area (Å²) in [6, 6.07) is 8.08. The van der Waals surface area contributed by atoms with E-state index in [1.54, 1.807) is 0 Å². The third-order valence-corrected chi connectivity index (χ3v) is 2.68. The number of fused-ring (bicyclic) bond motifs is 1. The highest BCUT2D eigenvalue weighted by atomic mass is 16.1. The number of benzene rings is 1. The topological polar surface area (TPSA) is 55.1 Å². The highest BCUT2D eigenvalue weighted by molar-refractivity contribution is 5.73. The largest absolute Gasteiger partial charge is 0.351 e. The van der Waals surface area contributed by atoms with Crippen LogP contribution < -0.4 is 11.1 Å². The zero-order valence-corrected chi connectivity index (χ0v) is 8.16. The Morgan fingerprint density at radius 2 is 2.21 bits per heavy atom. The molecule has 14 heavy (non-hydrogen) atoms. The van der Waals surface area contributed by atoms with Crippen LogP contribution in [-0.4, -0.2) is 11.9 Å². The molecule has 0 aliphatic heterocycles. The van der Waals surface area contributed by atoms with Gasteiger partial charge in [0, 0.05) is 6.92 Å². The molecule has 2 atom stereocenters. The first-order valence-corrected chi connectivity index (χ1v) is 4.79. The van der Waals surface area contributed by atoms with E-state index in [2.05, 4.69) is 11.4 Å². The van der Waals surface area contributed by atoms with Crippen molar-refractivity contribution in [3.8, 4) is 0 Å². The van der Waals surface area contributed by atoms with Crippen molar-refractivity contribution < 1.29 is 4.79 Å². The number of nitrogens with one attached hydrogen (secondary N) is 1. The van der Waals surface area contributed by atoms with Crippen molar-refractivity contribution in [2.45, 2.75) is 25.4 Å². The first-order valence-electron chi connectivity index (χ1n) is 4.79. The van der Waals surface area contributed by atoms with Crippen LogP contribution in [0.2, 0.25) is 0 Å². The number of hydrogen-bond acceptors (Lipinski definition) is 2. The van der Waals surface area contributed by atoms with Crippen molar-refractivity contribution in [2.75, 3.05) is 0 Å². The minimum absolute atomic E-state index is 0.0155. The van der Waals surface area contributed by atoms with Crippen LogP contribution in [0, 0.1) is 0 Å². The lowest BCUT2D eigenvalue weighted by atomic mass is 10.1. The van der Waals surface area contributed by atoms with Gasteiger partial charge in [-0.1, -0.05) is 24.3 Å². The van der Waals surface area contributed by atoms with Gasteiger partial charge in [0.25, 0.3) is 0 Å². The second kappa shape index (κ2) is 3.42. The first-order chi connectivity index (χ1) is 6.68. The predicted molar refractivity (Wildman–Crippen MR) is 54.7 cm³/mol. The summed E-state index contributed by atoms with van der Waals surface area (Å²) in [7, 11) is 0. The van der Waals surface area contributed by atoms with Crippen LogP contribution in [-0.2, 0) is 11.2 Å². The van der Waals surface area contributed by atoms with Gasteiger partial charge in [-0.15, -0.1) is 0 Å². The summed E-state index contributed by atoms with van der Waals surface area (Å²) in [6.07, 6.45) is 0.844. The van der Waals surface area contributed by atoms with Crippen LogP contribution in [0.5, 0.6) is 0 Å². The molecule has 3 N–H and O–H groups in total. The third kappa shape index (κ3) is 1.51. The molecule has 0 saturated heterocycles. The molecule has 1 aromatic rings. The Morgan fingerprint density at radius 1 is 1.50 bits per heavy atom. The van der Waals surface area contributed by atoms with E-state index in [0.717, 1.165) is 12.0 Å². The van der Waals surface area contributed by atoms with Crippen LogP contribution in [0.4, 0.5) is 0 Å². The van der Waals surface area contributed by atoms with E-state index < -0.39 is 0 Å². The fourth-order valence-corrected chi connectivity index (χ4v) is 2.03. The lowest BCUT2D eigenvalue weighted by molar-refractivity contribution is -0.119. The summed E-state index contributed by atoms with van der Waals surface area (Å²) in [5.41, 5.74) is 8.43. The van der Waals surface area contributed by atoms with E-state index in [1.807, 2.05) is 18.2 Å². The third-order valence-electron chi connectivity index (χ3n) is 2.68.